The normalized spacial score (nSPS) is 33.9. The Labute approximate surface area is 512 Å². The van der Waals surface area contributed by atoms with Crippen molar-refractivity contribution in [1.29, 1.82) is 0 Å². The topological polar surface area (TPSA) is 381 Å². The minimum atomic E-state index is -1.51. The Morgan fingerprint density at radius 2 is 0.640 bits per heavy atom. The Bertz CT molecular complexity index is 2790. The summed E-state index contributed by atoms with van der Waals surface area (Å²) in [6.45, 7) is 0. The zero-order valence-electron chi connectivity index (χ0n) is 51.6. The molecule has 1 heterocycles. The van der Waals surface area contributed by atoms with Gasteiger partial charge in [0.25, 0.3) is 0 Å². The van der Waals surface area contributed by atoms with Gasteiger partial charge in [0, 0.05) is 11.1 Å². The van der Waals surface area contributed by atoms with E-state index in [1.807, 2.05) is 12.2 Å². The number of rotatable bonds is 12. The van der Waals surface area contributed by atoms with Crippen LogP contribution in [0, 0.1) is 67.0 Å². The molecule has 0 spiro atoms. The molecule has 488 valence electrons. The van der Waals surface area contributed by atoms with Gasteiger partial charge in [-0.25, -0.2) is 9.59 Å². The van der Waals surface area contributed by atoms with Crippen LogP contribution in [0.4, 0.5) is 0 Å². The van der Waals surface area contributed by atoms with Gasteiger partial charge in [-0.2, -0.15) is 0 Å². The van der Waals surface area contributed by atoms with Gasteiger partial charge >= 0.3 is 83.6 Å². The molecule has 6 unspecified atom stereocenters. The molecule has 0 aromatic rings. The number of carboxylic acids is 2. The maximum absolute atomic E-state index is 12.2. The highest BCUT2D eigenvalue weighted by atomic mass is 16.6. The minimum absolute atomic E-state index is 0.0928. The number of esters is 12. The third-order valence-corrected chi connectivity index (χ3v) is 20.7. The first kappa shape index (κ1) is 69.8. The van der Waals surface area contributed by atoms with Crippen LogP contribution in [0.15, 0.2) is 47.6 Å². The molecule has 1 saturated heterocycles. The van der Waals surface area contributed by atoms with Crippen molar-refractivity contribution in [3.8, 4) is 0 Å². The molecule has 2 N–H and O–H groups in total. The molecule has 0 amide bonds. The predicted octanol–water partition coefficient (Wildman–Crippen LogP) is 4.38. The highest BCUT2D eigenvalue weighted by Crippen LogP contribution is 2.65. The molecule has 14 rings (SSSR count). The van der Waals surface area contributed by atoms with E-state index in [9.17, 15) is 77.3 Å². The van der Waals surface area contributed by atoms with Crippen molar-refractivity contribution in [3.63, 3.8) is 0 Å². The Balaban J connectivity index is 0.000000179. The monoisotopic (exact) mass is 1250 g/mol. The number of ether oxygens (including phenoxy) is 11. The maximum atomic E-state index is 12.2. The second kappa shape index (κ2) is 27.2. The van der Waals surface area contributed by atoms with Crippen LogP contribution in [0.5, 0.6) is 0 Å². The van der Waals surface area contributed by atoms with E-state index in [4.69, 9.17) is 42.6 Å². The van der Waals surface area contributed by atoms with Gasteiger partial charge in [0.1, 0.15) is 10.8 Å². The molecule has 0 radical (unpaired) electrons. The fourth-order valence-corrected chi connectivity index (χ4v) is 15.3. The molecule has 27 heteroatoms. The molecule has 6 atom stereocenters. The van der Waals surface area contributed by atoms with Crippen LogP contribution in [-0.2, 0) is 119 Å². The van der Waals surface area contributed by atoms with E-state index in [1.54, 1.807) is 12.2 Å². The van der Waals surface area contributed by atoms with E-state index >= 15 is 0 Å². The Morgan fingerprint density at radius 3 is 0.854 bits per heavy atom. The van der Waals surface area contributed by atoms with Gasteiger partial charge in [0.05, 0.1) is 127 Å². The maximum Gasteiger partial charge on any atom is 0.333 e. The van der Waals surface area contributed by atoms with Gasteiger partial charge in [-0.3, -0.25) is 57.5 Å². The average Bonchev–Trinajstić information content (AvgIpc) is 1.75. The van der Waals surface area contributed by atoms with Gasteiger partial charge in [0.2, 0.25) is 0 Å². The van der Waals surface area contributed by atoms with Crippen LogP contribution in [0.25, 0.3) is 0 Å². The Hall–Kier alpha value is -8.26. The lowest BCUT2D eigenvalue weighted by molar-refractivity contribution is -0.208. The highest BCUT2D eigenvalue weighted by molar-refractivity contribution is 6.05. The number of carboxylic acid groups (broad SMARTS) is 2. The lowest BCUT2D eigenvalue weighted by Gasteiger charge is -2.56. The fourth-order valence-electron chi connectivity index (χ4n) is 15.3. The number of hydrogen-bond acceptors (Lipinski definition) is 25. The smallest absolute Gasteiger partial charge is 0.333 e. The van der Waals surface area contributed by atoms with E-state index in [-0.39, 0.29) is 85.2 Å². The summed E-state index contributed by atoms with van der Waals surface area (Å²) in [7, 11) is 13.1. The SMILES string of the molecule is COC(=O)C12C=CC(C(=O)OC)(CC1)C1C(=O)OC(=O)C12.COC(=O)C12C=CC(C(=O)OC)(CC1)CC2.COC(=O)C12CCC(C(=O)OC)(CC1)C(C(=O)O)C2C(=O)O.COC(=O)C12CCC(C(=O)OC)(CC1)CC2.COC(=O)C1=CC=C(C(=O)OC)CC1. The summed E-state index contributed by atoms with van der Waals surface area (Å²) in [5.74, 6) is -13.4. The van der Waals surface area contributed by atoms with Gasteiger partial charge < -0.3 is 62.3 Å². The highest BCUT2D eigenvalue weighted by Gasteiger charge is 2.73. The van der Waals surface area contributed by atoms with Crippen molar-refractivity contribution in [2.45, 2.75) is 116 Å². The van der Waals surface area contributed by atoms with Crippen LogP contribution < -0.4 is 0 Å². The molecule has 0 aromatic heterocycles. The molecular formula is C62H78O27. The van der Waals surface area contributed by atoms with Crippen LogP contribution in [0.3, 0.4) is 0 Å². The van der Waals surface area contributed by atoms with Crippen molar-refractivity contribution in [3.05, 3.63) is 47.6 Å². The van der Waals surface area contributed by atoms with Crippen molar-refractivity contribution in [2.75, 3.05) is 71.1 Å². The first-order valence-electron chi connectivity index (χ1n) is 28.9. The van der Waals surface area contributed by atoms with Crippen molar-refractivity contribution in [1.82, 2.24) is 0 Å². The number of allylic oxidation sites excluding steroid dienone is 2. The van der Waals surface area contributed by atoms with Crippen molar-refractivity contribution < 1.29 is 129 Å². The molecular weight excluding hydrogens is 1180 g/mol. The summed E-state index contributed by atoms with van der Waals surface area (Å²) >= 11 is 0. The number of methoxy groups -OCH3 is 10. The van der Waals surface area contributed by atoms with Crippen molar-refractivity contribution >= 4 is 83.6 Å². The first-order valence-corrected chi connectivity index (χ1v) is 28.9. The van der Waals surface area contributed by atoms with E-state index in [1.165, 1.54) is 69.0 Å². The molecule has 14 aliphatic rings. The number of cyclic esters (lactones) is 2. The molecule has 9 fully saturated rings. The number of carbonyl (C=O) groups excluding carboxylic acids is 12. The van der Waals surface area contributed by atoms with Crippen LogP contribution in [0.1, 0.15) is 116 Å². The molecule has 0 aromatic carbocycles. The molecule has 1 aliphatic heterocycles. The lowest BCUT2D eigenvalue weighted by Crippen LogP contribution is -2.64. The molecule has 13 aliphatic carbocycles. The van der Waals surface area contributed by atoms with Gasteiger partial charge in [-0.15, -0.1) is 0 Å². The summed E-state index contributed by atoms with van der Waals surface area (Å²) in [5.41, 5.74) is -5.74. The van der Waals surface area contributed by atoms with Gasteiger partial charge in [0.15, 0.2) is 0 Å². The summed E-state index contributed by atoms with van der Waals surface area (Å²) in [5, 5.41) is 19.1. The van der Waals surface area contributed by atoms with E-state index in [2.05, 4.69) is 9.47 Å². The first-order chi connectivity index (χ1) is 42.0. The van der Waals surface area contributed by atoms with E-state index in [0.29, 0.717) is 49.7 Å². The molecule has 8 bridgehead atoms. The standard InChI is InChI=1S/C14H18O8.C14H14O7.C12H18O4.C12H16O4.C10H12O4/c1-21-11(19)13-3-5-14(6-4-13,12(20)22-2)8(10(17)18)7(13)9(15)16;1-19-11(17)13-3-5-14(6-4-13,12(18)20-2)8-7(13)9(15)21-10(8)16;2*1-15-9(13)11-3-6-12(7-4-11,8-5-11)10(14)16-2;1-13-9(11)7-3-5-8(6-4-7)10(12)14-2/h7-8H,3-6H2,1-2H3,(H,15,16)(H,17,18);3,5,7-8H,4,6H2,1-2H3;3-8H2,1-2H3;3,6H,4-5,7-8H2,1-2H3;3,5H,4,6H2,1-2H3. The Morgan fingerprint density at radius 1 is 0.360 bits per heavy atom. The number of carbonyl (C=O) groups is 14. The quantitative estimate of drug-likeness (QED) is 0.118. The second-order valence-electron chi connectivity index (χ2n) is 24.1. The molecule has 8 saturated carbocycles. The zero-order valence-corrected chi connectivity index (χ0v) is 51.6. The molecule has 27 nitrogen and oxygen atoms in total. The summed E-state index contributed by atoms with van der Waals surface area (Å²) in [6.07, 6.45) is 19.0. The Kier molecular flexibility index (Phi) is 21.4. The number of hydrogen-bond donors (Lipinski definition) is 2. The fraction of sp³-hybridized carbons (Fsp3) is 0.645. The summed E-state index contributed by atoms with van der Waals surface area (Å²) < 4.78 is 52.2. The van der Waals surface area contributed by atoms with Crippen molar-refractivity contribution in [2.24, 2.45) is 67.0 Å². The van der Waals surface area contributed by atoms with Crippen LogP contribution in [-0.4, -0.2) is 165 Å². The summed E-state index contributed by atoms with van der Waals surface area (Å²) in [4.78, 5) is 165. The van der Waals surface area contributed by atoms with E-state index in [0.717, 1.165) is 52.7 Å². The average molecular weight is 1260 g/mol. The minimum Gasteiger partial charge on any atom is -0.481 e. The summed E-state index contributed by atoms with van der Waals surface area (Å²) in [6, 6.07) is 0. The number of aliphatic carboxylic acids is 2. The largest absolute Gasteiger partial charge is 0.481 e. The third kappa shape index (κ3) is 12.1. The lowest BCUT2D eigenvalue weighted by atomic mass is 9.44. The van der Waals surface area contributed by atoms with Crippen LogP contribution >= 0.6 is 0 Å². The van der Waals surface area contributed by atoms with E-state index < -0.39 is 104 Å². The predicted molar refractivity (Wildman–Crippen MR) is 298 cm³/mol. The number of fused-ring (bicyclic) bond motifs is 9. The zero-order chi connectivity index (χ0) is 66.3. The second-order valence-corrected chi connectivity index (χ2v) is 24.1. The van der Waals surface area contributed by atoms with Crippen LogP contribution in [0.2, 0.25) is 0 Å². The van der Waals surface area contributed by atoms with Gasteiger partial charge in [-0.05, 0) is 116 Å². The molecule has 89 heavy (non-hydrogen) atoms. The third-order valence-electron chi connectivity index (χ3n) is 20.7. The van der Waals surface area contributed by atoms with Gasteiger partial charge in [-0.1, -0.05) is 36.5 Å².